The Bertz CT molecular complexity index is 503. The van der Waals surface area contributed by atoms with Crippen molar-refractivity contribution < 1.29 is 4.39 Å². The Morgan fingerprint density at radius 3 is 2.00 bits per heavy atom. The van der Waals surface area contributed by atoms with Gasteiger partial charge in [0.25, 0.3) is 0 Å². The predicted octanol–water partition coefficient (Wildman–Crippen LogP) is 3.90. The summed E-state index contributed by atoms with van der Waals surface area (Å²) in [5.74, 6) is -0.476. The number of hydrogen-bond acceptors (Lipinski definition) is 2. The van der Waals surface area contributed by atoms with Crippen LogP contribution in [0.2, 0.25) is 10.3 Å². The summed E-state index contributed by atoms with van der Waals surface area (Å²) >= 11 is 11.2. The van der Waals surface area contributed by atoms with Gasteiger partial charge >= 0.3 is 0 Å². The molecule has 2 rings (SSSR count). The van der Waals surface area contributed by atoms with E-state index >= 15 is 0 Å². The second-order valence-corrected chi connectivity index (χ2v) is 4.02. The minimum atomic E-state index is -0.792. The quantitative estimate of drug-likeness (QED) is 0.724. The molecule has 0 unspecified atom stereocenters. The van der Waals surface area contributed by atoms with Gasteiger partial charge in [0, 0.05) is 5.56 Å². The molecule has 0 spiro atoms. The molecule has 2 aromatic rings. The van der Waals surface area contributed by atoms with E-state index in [1.54, 1.807) is 0 Å². The Morgan fingerprint density at radius 2 is 1.50 bits per heavy atom. The standard InChI is InChI=1S/C11H7Cl2FN2/c1-6-2-4-7(5-3-6)11-15-9(12)8(14)10(13)16-11/h2-5H,1H3. The molecule has 0 N–H and O–H groups in total. The van der Waals surface area contributed by atoms with E-state index in [2.05, 4.69) is 9.97 Å². The first-order valence-electron chi connectivity index (χ1n) is 4.53. The molecule has 82 valence electrons. The lowest BCUT2D eigenvalue weighted by Gasteiger charge is -2.03. The number of nitrogens with zero attached hydrogens (tertiary/aromatic N) is 2. The van der Waals surface area contributed by atoms with Gasteiger partial charge in [0.15, 0.2) is 21.9 Å². The summed E-state index contributed by atoms with van der Waals surface area (Å²) in [7, 11) is 0. The Kier molecular flexibility index (Phi) is 3.08. The molecule has 0 saturated carbocycles. The van der Waals surface area contributed by atoms with E-state index in [9.17, 15) is 4.39 Å². The monoisotopic (exact) mass is 256 g/mol. The van der Waals surface area contributed by atoms with Crippen LogP contribution in [0.4, 0.5) is 4.39 Å². The molecule has 0 amide bonds. The fourth-order valence-corrected chi connectivity index (χ4v) is 1.61. The maximum atomic E-state index is 13.1. The maximum Gasteiger partial charge on any atom is 0.197 e. The Labute approximate surface area is 102 Å². The highest BCUT2D eigenvalue weighted by Gasteiger charge is 2.11. The summed E-state index contributed by atoms with van der Waals surface area (Å²) < 4.78 is 13.1. The van der Waals surface area contributed by atoms with Crippen LogP contribution in [-0.2, 0) is 0 Å². The van der Waals surface area contributed by atoms with Gasteiger partial charge in [-0.1, -0.05) is 53.0 Å². The third-order valence-corrected chi connectivity index (χ3v) is 2.58. The number of aryl methyl sites for hydroxylation is 1. The van der Waals surface area contributed by atoms with Gasteiger partial charge in [0.1, 0.15) is 0 Å². The number of hydrogen-bond donors (Lipinski definition) is 0. The smallest absolute Gasteiger partial charge is 0.197 e. The van der Waals surface area contributed by atoms with Gasteiger partial charge in [-0.25, -0.2) is 14.4 Å². The first kappa shape index (κ1) is 11.3. The second kappa shape index (κ2) is 4.36. The van der Waals surface area contributed by atoms with Crippen LogP contribution < -0.4 is 0 Å². The molecule has 0 aliphatic heterocycles. The second-order valence-electron chi connectivity index (χ2n) is 3.31. The topological polar surface area (TPSA) is 25.8 Å². The SMILES string of the molecule is Cc1ccc(-c2nc(Cl)c(F)c(Cl)n2)cc1. The molecule has 1 heterocycles. The van der Waals surface area contributed by atoms with Gasteiger partial charge in [0.05, 0.1) is 0 Å². The van der Waals surface area contributed by atoms with E-state index in [4.69, 9.17) is 23.2 Å². The molecule has 0 radical (unpaired) electrons. The molecule has 0 saturated heterocycles. The highest BCUT2D eigenvalue weighted by Crippen LogP contribution is 2.24. The van der Waals surface area contributed by atoms with Gasteiger partial charge in [-0.2, -0.15) is 0 Å². The van der Waals surface area contributed by atoms with Crippen LogP contribution in [-0.4, -0.2) is 9.97 Å². The predicted molar refractivity (Wildman–Crippen MR) is 62.2 cm³/mol. The van der Waals surface area contributed by atoms with Crippen molar-refractivity contribution in [3.63, 3.8) is 0 Å². The molecule has 1 aromatic heterocycles. The summed E-state index contributed by atoms with van der Waals surface area (Å²) in [5, 5.41) is -0.536. The summed E-state index contributed by atoms with van der Waals surface area (Å²) in [4.78, 5) is 7.66. The number of aromatic nitrogens is 2. The minimum absolute atomic E-state index is 0.268. The van der Waals surface area contributed by atoms with Crippen LogP contribution >= 0.6 is 23.2 Å². The maximum absolute atomic E-state index is 13.1. The van der Waals surface area contributed by atoms with Crippen LogP contribution in [0.3, 0.4) is 0 Å². The van der Waals surface area contributed by atoms with Gasteiger partial charge in [-0.05, 0) is 6.92 Å². The molecule has 0 aliphatic rings. The zero-order valence-electron chi connectivity index (χ0n) is 8.34. The van der Waals surface area contributed by atoms with E-state index in [0.717, 1.165) is 11.1 Å². The van der Waals surface area contributed by atoms with Crippen molar-refractivity contribution in [2.24, 2.45) is 0 Å². The lowest BCUT2D eigenvalue weighted by atomic mass is 10.1. The minimum Gasteiger partial charge on any atom is -0.213 e. The van der Waals surface area contributed by atoms with Crippen molar-refractivity contribution in [2.75, 3.05) is 0 Å². The van der Waals surface area contributed by atoms with Crippen LogP contribution in [0.5, 0.6) is 0 Å². The average molecular weight is 257 g/mol. The fourth-order valence-electron chi connectivity index (χ4n) is 1.23. The lowest BCUT2D eigenvalue weighted by Crippen LogP contribution is -1.94. The summed E-state index contributed by atoms with van der Waals surface area (Å²) in [6.45, 7) is 1.97. The Balaban J connectivity index is 2.52. The molecule has 1 aromatic carbocycles. The van der Waals surface area contributed by atoms with E-state index in [1.807, 2.05) is 31.2 Å². The Morgan fingerprint density at radius 1 is 1.00 bits per heavy atom. The molecule has 5 heteroatoms. The van der Waals surface area contributed by atoms with Crippen LogP contribution in [0.1, 0.15) is 5.56 Å². The van der Waals surface area contributed by atoms with E-state index in [1.165, 1.54) is 0 Å². The van der Waals surface area contributed by atoms with E-state index < -0.39 is 5.82 Å². The highest BCUT2D eigenvalue weighted by atomic mass is 35.5. The summed E-state index contributed by atoms with van der Waals surface area (Å²) in [6.07, 6.45) is 0. The highest BCUT2D eigenvalue weighted by molar-refractivity contribution is 6.33. The third-order valence-electron chi connectivity index (χ3n) is 2.08. The number of rotatable bonds is 1. The number of benzene rings is 1. The first-order valence-corrected chi connectivity index (χ1v) is 5.29. The molecule has 0 fully saturated rings. The zero-order valence-corrected chi connectivity index (χ0v) is 9.85. The molecule has 0 atom stereocenters. The van der Waals surface area contributed by atoms with Gasteiger partial charge in [-0.15, -0.1) is 0 Å². The van der Waals surface area contributed by atoms with Crippen molar-refractivity contribution in [1.29, 1.82) is 0 Å². The van der Waals surface area contributed by atoms with Crippen molar-refractivity contribution >= 4 is 23.2 Å². The first-order chi connectivity index (χ1) is 7.58. The molecule has 16 heavy (non-hydrogen) atoms. The summed E-state index contributed by atoms with van der Waals surface area (Å²) in [5.41, 5.74) is 1.86. The fraction of sp³-hybridized carbons (Fsp3) is 0.0909. The van der Waals surface area contributed by atoms with Crippen LogP contribution in [0, 0.1) is 12.7 Å². The third kappa shape index (κ3) is 2.15. The number of halogens is 3. The molecule has 0 aliphatic carbocycles. The summed E-state index contributed by atoms with van der Waals surface area (Å²) in [6, 6.07) is 7.47. The van der Waals surface area contributed by atoms with E-state index in [-0.39, 0.29) is 10.3 Å². The van der Waals surface area contributed by atoms with Gasteiger partial charge < -0.3 is 0 Å². The molecular weight excluding hydrogens is 250 g/mol. The van der Waals surface area contributed by atoms with Gasteiger partial charge in [0.2, 0.25) is 0 Å². The van der Waals surface area contributed by atoms with E-state index in [0.29, 0.717) is 5.82 Å². The van der Waals surface area contributed by atoms with Crippen LogP contribution in [0.15, 0.2) is 24.3 Å². The normalized spacial score (nSPS) is 10.5. The van der Waals surface area contributed by atoms with Crippen molar-refractivity contribution in [1.82, 2.24) is 9.97 Å². The largest absolute Gasteiger partial charge is 0.213 e. The average Bonchev–Trinajstić information content (AvgIpc) is 2.26. The molecular formula is C11H7Cl2FN2. The van der Waals surface area contributed by atoms with Crippen molar-refractivity contribution in [3.05, 3.63) is 46.0 Å². The van der Waals surface area contributed by atoms with Crippen LogP contribution in [0.25, 0.3) is 11.4 Å². The lowest BCUT2D eigenvalue weighted by molar-refractivity contribution is 0.615. The zero-order chi connectivity index (χ0) is 11.7. The van der Waals surface area contributed by atoms with Crippen molar-refractivity contribution in [2.45, 2.75) is 6.92 Å². The molecule has 2 nitrogen and oxygen atoms in total. The van der Waals surface area contributed by atoms with Gasteiger partial charge in [-0.3, -0.25) is 0 Å². The Hall–Kier alpha value is -1.19. The van der Waals surface area contributed by atoms with Crippen molar-refractivity contribution in [3.8, 4) is 11.4 Å². The molecule has 0 bridgehead atoms.